The van der Waals surface area contributed by atoms with E-state index in [1.807, 2.05) is 13.8 Å². The highest BCUT2D eigenvalue weighted by atomic mass is 16.7. The van der Waals surface area contributed by atoms with E-state index >= 15 is 0 Å². The number of rotatable bonds is 7. The zero-order valence-corrected chi connectivity index (χ0v) is 13.3. The Kier molecular flexibility index (Phi) is 5.25. The number of hydrogen-bond donors (Lipinski definition) is 2. The van der Waals surface area contributed by atoms with Gasteiger partial charge >= 0.3 is 5.97 Å². The molecule has 1 aromatic heterocycles. The van der Waals surface area contributed by atoms with Crippen LogP contribution in [0.25, 0.3) is 0 Å². The van der Waals surface area contributed by atoms with Gasteiger partial charge in [-0.25, -0.2) is 0 Å². The summed E-state index contributed by atoms with van der Waals surface area (Å²) in [6.07, 6.45) is 4.42. The number of carboxylic acid groups (broad SMARTS) is 1. The van der Waals surface area contributed by atoms with Crippen molar-refractivity contribution in [2.45, 2.75) is 45.3 Å². The first-order valence-electron chi connectivity index (χ1n) is 7.45. The molecule has 0 aliphatic carbocycles. The van der Waals surface area contributed by atoms with Gasteiger partial charge in [-0.1, -0.05) is 9.84 Å². The van der Waals surface area contributed by atoms with Crippen molar-refractivity contribution in [3.05, 3.63) is 24.0 Å². The SMILES string of the molecule is CC1(C)CC(CCNC(=O)c2cc[n+](CCC(=O)O)nc2)=NO1. The van der Waals surface area contributed by atoms with Gasteiger partial charge in [0.2, 0.25) is 0 Å². The Morgan fingerprint density at radius 3 is 2.83 bits per heavy atom. The van der Waals surface area contributed by atoms with Crippen molar-refractivity contribution in [2.24, 2.45) is 5.16 Å². The Morgan fingerprint density at radius 2 is 2.26 bits per heavy atom. The second-order valence-corrected chi connectivity index (χ2v) is 6.01. The fourth-order valence-corrected chi connectivity index (χ4v) is 2.16. The van der Waals surface area contributed by atoms with Crippen molar-refractivity contribution in [2.75, 3.05) is 6.54 Å². The van der Waals surface area contributed by atoms with Crippen LogP contribution in [-0.4, -0.2) is 39.9 Å². The van der Waals surface area contributed by atoms with Gasteiger partial charge < -0.3 is 15.3 Å². The number of aromatic nitrogens is 2. The predicted octanol–water partition coefficient (Wildman–Crippen LogP) is 0.519. The first-order chi connectivity index (χ1) is 10.9. The van der Waals surface area contributed by atoms with Gasteiger partial charge in [-0.3, -0.25) is 9.59 Å². The van der Waals surface area contributed by atoms with Crippen molar-refractivity contribution in [3.63, 3.8) is 0 Å². The summed E-state index contributed by atoms with van der Waals surface area (Å²) in [6.45, 7) is 4.69. The molecule has 2 N–H and O–H groups in total. The highest BCUT2D eigenvalue weighted by Gasteiger charge is 2.28. The van der Waals surface area contributed by atoms with Gasteiger partial charge in [0.15, 0.2) is 12.7 Å². The lowest BCUT2D eigenvalue weighted by atomic mass is 10.0. The standard InChI is InChI=1S/C15H20N4O4/c1-15(2)9-12(18-23-15)3-6-16-14(22)11-4-7-19(17-10-11)8-5-13(20)21/h4,7,10H,3,5-6,8-9H2,1-2H3,(H-,16,20,21,22)/p+1. The van der Waals surface area contributed by atoms with Gasteiger partial charge in [-0.15, -0.1) is 0 Å². The molecule has 0 fully saturated rings. The maximum Gasteiger partial charge on any atom is 0.309 e. The summed E-state index contributed by atoms with van der Waals surface area (Å²) in [6, 6.07) is 1.61. The predicted molar refractivity (Wildman–Crippen MR) is 80.9 cm³/mol. The minimum Gasteiger partial charge on any atom is -0.481 e. The maximum absolute atomic E-state index is 12.0. The number of aliphatic carboxylic acids is 1. The van der Waals surface area contributed by atoms with Crippen LogP contribution < -0.4 is 10.00 Å². The first kappa shape index (κ1) is 16.9. The average molecular weight is 321 g/mol. The molecule has 0 aromatic carbocycles. The van der Waals surface area contributed by atoms with Crippen LogP contribution in [0.1, 0.15) is 43.5 Å². The van der Waals surface area contributed by atoms with Crippen LogP contribution in [-0.2, 0) is 16.2 Å². The third-order valence-electron chi connectivity index (χ3n) is 3.34. The molecule has 1 aliphatic heterocycles. The molecule has 124 valence electrons. The largest absolute Gasteiger partial charge is 0.481 e. The van der Waals surface area contributed by atoms with Crippen molar-refractivity contribution in [3.8, 4) is 0 Å². The second-order valence-electron chi connectivity index (χ2n) is 6.01. The third kappa shape index (κ3) is 5.32. The van der Waals surface area contributed by atoms with E-state index in [-0.39, 0.29) is 24.5 Å². The number of nitrogens with one attached hydrogen (secondary N) is 1. The molecule has 2 heterocycles. The molecule has 23 heavy (non-hydrogen) atoms. The highest BCUT2D eigenvalue weighted by Crippen LogP contribution is 2.23. The fraction of sp³-hybridized carbons (Fsp3) is 0.533. The summed E-state index contributed by atoms with van der Waals surface area (Å²) >= 11 is 0. The lowest BCUT2D eigenvalue weighted by Crippen LogP contribution is -2.39. The number of nitrogens with zero attached hydrogens (tertiary/aromatic N) is 3. The molecular weight excluding hydrogens is 300 g/mol. The van der Waals surface area contributed by atoms with E-state index in [9.17, 15) is 9.59 Å². The van der Waals surface area contributed by atoms with Gasteiger partial charge in [-0.2, -0.15) is 0 Å². The molecule has 1 aliphatic rings. The van der Waals surface area contributed by atoms with Crippen LogP contribution in [0.15, 0.2) is 23.6 Å². The number of carboxylic acids is 1. The normalized spacial score (nSPS) is 15.7. The summed E-state index contributed by atoms with van der Waals surface area (Å²) in [5.74, 6) is -1.11. The quantitative estimate of drug-likeness (QED) is 0.712. The molecule has 0 bridgehead atoms. The maximum atomic E-state index is 12.0. The topological polar surface area (TPSA) is 105 Å². The van der Waals surface area contributed by atoms with E-state index in [0.29, 0.717) is 18.5 Å². The van der Waals surface area contributed by atoms with E-state index in [4.69, 9.17) is 9.94 Å². The van der Waals surface area contributed by atoms with Crippen molar-refractivity contribution in [1.29, 1.82) is 0 Å². The summed E-state index contributed by atoms with van der Waals surface area (Å²) < 4.78 is 1.48. The van der Waals surface area contributed by atoms with Gasteiger partial charge in [0.05, 0.1) is 11.3 Å². The zero-order valence-electron chi connectivity index (χ0n) is 13.3. The number of hydrogen-bond acceptors (Lipinski definition) is 5. The van der Waals surface area contributed by atoms with Crippen molar-refractivity contribution < 1.29 is 24.2 Å². The molecule has 1 aromatic rings. The van der Waals surface area contributed by atoms with Crippen LogP contribution in [0.2, 0.25) is 0 Å². The molecule has 8 nitrogen and oxygen atoms in total. The number of carbonyl (C=O) groups is 2. The van der Waals surface area contributed by atoms with Gasteiger partial charge in [0, 0.05) is 25.5 Å². The highest BCUT2D eigenvalue weighted by molar-refractivity contribution is 5.94. The number of aryl methyl sites for hydroxylation is 1. The molecule has 0 saturated carbocycles. The average Bonchev–Trinajstić information content (AvgIpc) is 2.84. The Labute approximate surface area is 134 Å². The monoisotopic (exact) mass is 321 g/mol. The van der Waals surface area contributed by atoms with Crippen molar-refractivity contribution in [1.82, 2.24) is 10.4 Å². The fourth-order valence-electron chi connectivity index (χ4n) is 2.16. The number of amides is 1. The van der Waals surface area contributed by atoms with E-state index in [1.54, 1.807) is 12.3 Å². The molecule has 0 atom stereocenters. The smallest absolute Gasteiger partial charge is 0.309 e. The summed E-state index contributed by atoms with van der Waals surface area (Å²) in [5.41, 5.74) is 1.11. The summed E-state index contributed by atoms with van der Waals surface area (Å²) in [4.78, 5) is 27.8. The van der Waals surface area contributed by atoms with Crippen LogP contribution in [0.5, 0.6) is 0 Å². The molecule has 8 heteroatoms. The third-order valence-corrected chi connectivity index (χ3v) is 3.34. The van der Waals surface area contributed by atoms with E-state index in [1.165, 1.54) is 10.9 Å². The molecule has 0 unspecified atom stereocenters. The summed E-state index contributed by atoms with van der Waals surface area (Å²) in [5, 5.41) is 19.4. The van der Waals surface area contributed by atoms with E-state index in [0.717, 1.165) is 12.1 Å². The minimum absolute atomic E-state index is 0.0102. The molecular formula is C15H21N4O4+. The van der Waals surface area contributed by atoms with Gasteiger partial charge in [0.25, 0.3) is 5.91 Å². The van der Waals surface area contributed by atoms with Crippen LogP contribution in [0.3, 0.4) is 0 Å². The Hall–Kier alpha value is -2.51. The molecule has 2 rings (SSSR count). The number of carbonyl (C=O) groups excluding carboxylic acids is 1. The lowest BCUT2D eigenvalue weighted by molar-refractivity contribution is -0.753. The second kappa shape index (κ2) is 7.17. The Balaban J connectivity index is 1.76. The van der Waals surface area contributed by atoms with Crippen LogP contribution in [0, 0.1) is 0 Å². The molecule has 0 spiro atoms. The molecule has 0 radical (unpaired) electrons. The Bertz CT molecular complexity index is 610. The molecule has 1 amide bonds. The zero-order chi connectivity index (χ0) is 16.9. The lowest BCUT2D eigenvalue weighted by Gasteiger charge is -2.13. The Morgan fingerprint density at radius 1 is 1.48 bits per heavy atom. The van der Waals surface area contributed by atoms with E-state index < -0.39 is 5.97 Å². The first-order valence-corrected chi connectivity index (χ1v) is 7.45. The van der Waals surface area contributed by atoms with Crippen LogP contribution in [0.4, 0.5) is 0 Å². The minimum atomic E-state index is -0.886. The van der Waals surface area contributed by atoms with Crippen molar-refractivity contribution >= 4 is 17.6 Å². The van der Waals surface area contributed by atoms with Gasteiger partial charge in [0.1, 0.15) is 18.2 Å². The van der Waals surface area contributed by atoms with Gasteiger partial charge in [-0.05, 0) is 18.9 Å². The number of oxime groups is 1. The van der Waals surface area contributed by atoms with E-state index in [2.05, 4.69) is 15.6 Å². The van der Waals surface area contributed by atoms with Crippen LogP contribution >= 0.6 is 0 Å². The molecule has 0 saturated heterocycles. The summed E-state index contributed by atoms with van der Waals surface area (Å²) in [7, 11) is 0.